The zero-order chi connectivity index (χ0) is 13.9. The molecule has 0 spiro atoms. The van der Waals surface area contributed by atoms with Crippen LogP contribution in [0.1, 0.15) is 23.5 Å². The molecular weight excluding hydrogens is 272 g/mol. The number of aryl methyl sites for hydroxylation is 1. The van der Waals surface area contributed by atoms with Crippen LogP contribution in [-0.4, -0.2) is 25.2 Å². The van der Waals surface area contributed by atoms with E-state index in [1.165, 1.54) is 0 Å². The van der Waals surface area contributed by atoms with E-state index in [-0.39, 0.29) is 6.04 Å². The standard InChI is InChI=1S/C13H14N6S/c1-9-7-11(16-10(2)13-14-5-6-20-13)3-4-12(9)19-8-15-17-18-19/h3-8,10,16H,1-2H3. The first-order valence-corrected chi connectivity index (χ1v) is 7.12. The first kappa shape index (κ1) is 12.7. The second kappa shape index (κ2) is 5.38. The summed E-state index contributed by atoms with van der Waals surface area (Å²) >= 11 is 1.65. The van der Waals surface area contributed by atoms with Crippen LogP contribution in [0.15, 0.2) is 36.1 Å². The van der Waals surface area contributed by atoms with Gasteiger partial charge >= 0.3 is 0 Å². The van der Waals surface area contributed by atoms with Gasteiger partial charge in [0, 0.05) is 17.3 Å². The minimum Gasteiger partial charge on any atom is -0.376 e. The molecule has 1 N–H and O–H groups in total. The number of aromatic nitrogens is 5. The number of anilines is 1. The molecule has 3 aromatic rings. The Morgan fingerprint density at radius 3 is 2.90 bits per heavy atom. The summed E-state index contributed by atoms with van der Waals surface area (Å²) in [4.78, 5) is 4.32. The lowest BCUT2D eigenvalue weighted by Gasteiger charge is -2.14. The lowest BCUT2D eigenvalue weighted by atomic mass is 10.1. The van der Waals surface area contributed by atoms with Gasteiger partial charge in [0.25, 0.3) is 0 Å². The fraction of sp³-hybridized carbons (Fsp3) is 0.231. The van der Waals surface area contributed by atoms with E-state index >= 15 is 0 Å². The molecule has 1 atom stereocenters. The lowest BCUT2D eigenvalue weighted by molar-refractivity contribution is 0.785. The van der Waals surface area contributed by atoms with E-state index in [4.69, 9.17) is 0 Å². The van der Waals surface area contributed by atoms with E-state index in [0.29, 0.717) is 0 Å². The number of nitrogens with one attached hydrogen (secondary N) is 1. The highest BCUT2D eigenvalue weighted by atomic mass is 32.1. The summed E-state index contributed by atoms with van der Waals surface area (Å²) in [7, 11) is 0. The van der Waals surface area contributed by atoms with Gasteiger partial charge in [0.1, 0.15) is 11.3 Å². The smallest absolute Gasteiger partial charge is 0.143 e. The van der Waals surface area contributed by atoms with E-state index in [1.54, 1.807) is 22.3 Å². The Kier molecular flexibility index (Phi) is 3.42. The highest BCUT2D eigenvalue weighted by molar-refractivity contribution is 7.09. The first-order valence-electron chi connectivity index (χ1n) is 6.24. The largest absolute Gasteiger partial charge is 0.376 e. The third kappa shape index (κ3) is 2.53. The maximum Gasteiger partial charge on any atom is 0.143 e. The van der Waals surface area contributed by atoms with Crippen LogP contribution in [0.4, 0.5) is 5.69 Å². The Hall–Kier alpha value is -2.28. The highest BCUT2D eigenvalue weighted by Gasteiger charge is 2.09. The monoisotopic (exact) mass is 286 g/mol. The quantitative estimate of drug-likeness (QED) is 0.798. The van der Waals surface area contributed by atoms with E-state index in [2.05, 4.69) is 38.8 Å². The summed E-state index contributed by atoms with van der Waals surface area (Å²) in [6.45, 7) is 4.14. The van der Waals surface area contributed by atoms with Crippen molar-refractivity contribution in [2.75, 3.05) is 5.32 Å². The van der Waals surface area contributed by atoms with Gasteiger partial charge in [-0.15, -0.1) is 16.4 Å². The van der Waals surface area contributed by atoms with Gasteiger partial charge in [-0.3, -0.25) is 0 Å². The van der Waals surface area contributed by atoms with Gasteiger partial charge in [-0.05, 0) is 48.0 Å². The van der Waals surface area contributed by atoms with Crippen molar-refractivity contribution >= 4 is 17.0 Å². The summed E-state index contributed by atoms with van der Waals surface area (Å²) < 4.78 is 1.66. The van der Waals surface area contributed by atoms with Crippen LogP contribution in [-0.2, 0) is 0 Å². The number of rotatable bonds is 4. The van der Waals surface area contributed by atoms with Crippen molar-refractivity contribution in [2.45, 2.75) is 19.9 Å². The predicted molar refractivity (Wildman–Crippen MR) is 78.0 cm³/mol. The maximum absolute atomic E-state index is 4.32. The molecule has 1 aromatic carbocycles. The molecule has 0 radical (unpaired) electrons. The second-order valence-corrected chi connectivity index (χ2v) is 5.42. The summed E-state index contributed by atoms with van der Waals surface area (Å²) in [5.41, 5.74) is 3.14. The fourth-order valence-corrected chi connectivity index (χ4v) is 2.68. The molecule has 0 amide bonds. The molecule has 1 unspecified atom stereocenters. The van der Waals surface area contributed by atoms with Gasteiger partial charge in [-0.25, -0.2) is 9.67 Å². The van der Waals surface area contributed by atoms with Crippen molar-refractivity contribution in [1.82, 2.24) is 25.2 Å². The molecule has 7 heteroatoms. The topological polar surface area (TPSA) is 68.5 Å². The summed E-state index contributed by atoms with van der Waals surface area (Å²) in [5, 5.41) is 17.7. The number of hydrogen-bond donors (Lipinski definition) is 1. The summed E-state index contributed by atoms with van der Waals surface area (Å²) in [6, 6.07) is 6.30. The Morgan fingerprint density at radius 1 is 1.35 bits per heavy atom. The molecule has 0 fully saturated rings. The van der Waals surface area contributed by atoms with Gasteiger partial charge in [0.15, 0.2) is 0 Å². The molecule has 2 aromatic heterocycles. The van der Waals surface area contributed by atoms with Crippen molar-refractivity contribution in [3.8, 4) is 5.69 Å². The molecule has 0 aliphatic carbocycles. The molecule has 0 aliphatic heterocycles. The minimum atomic E-state index is 0.188. The Balaban J connectivity index is 1.81. The van der Waals surface area contributed by atoms with Crippen LogP contribution in [0.5, 0.6) is 0 Å². The SMILES string of the molecule is Cc1cc(NC(C)c2nccs2)ccc1-n1cnnn1. The number of thiazole rings is 1. The molecular formula is C13H14N6S. The van der Waals surface area contributed by atoms with Crippen molar-refractivity contribution in [1.29, 1.82) is 0 Å². The van der Waals surface area contributed by atoms with Gasteiger partial charge in [-0.2, -0.15) is 0 Å². The van der Waals surface area contributed by atoms with E-state index in [1.807, 2.05) is 30.6 Å². The molecule has 0 saturated heterocycles. The molecule has 102 valence electrons. The predicted octanol–water partition coefficient (Wildman–Crippen LogP) is 2.60. The minimum absolute atomic E-state index is 0.188. The van der Waals surface area contributed by atoms with E-state index in [0.717, 1.165) is 21.9 Å². The molecule has 3 rings (SSSR count). The average molecular weight is 286 g/mol. The first-order chi connectivity index (χ1) is 9.74. The number of hydrogen-bond acceptors (Lipinski definition) is 6. The highest BCUT2D eigenvalue weighted by Crippen LogP contribution is 2.23. The van der Waals surface area contributed by atoms with Crippen LogP contribution in [0.2, 0.25) is 0 Å². The zero-order valence-electron chi connectivity index (χ0n) is 11.2. The normalized spacial score (nSPS) is 12.3. The van der Waals surface area contributed by atoms with Crippen LogP contribution in [0, 0.1) is 6.92 Å². The van der Waals surface area contributed by atoms with Crippen LogP contribution < -0.4 is 5.32 Å². The molecule has 2 heterocycles. The van der Waals surface area contributed by atoms with E-state index in [9.17, 15) is 0 Å². The third-order valence-corrected chi connectivity index (χ3v) is 3.96. The lowest BCUT2D eigenvalue weighted by Crippen LogP contribution is -2.07. The molecule has 6 nitrogen and oxygen atoms in total. The second-order valence-electron chi connectivity index (χ2n) is 4.49. The molecule has 0 aliphatic rings. The molecule has 0 saturated carbocycles. The van der Waals surface area contributed by atoms with Crippen LogP contribution in [0.3, 0.4) is 0 Å². The van der Waals surface area contributed by atoms with Gasteiger partial charge < -0.3 is 5.32 Å². The number of tetrazole rings is 1. The van der Waals surface area contributed by atoms with E-state index < -0.39 is 0 Å². The summed E-state index contributed by atoms with van der Waals surface area (Å²) in [5.74, 6) is 0. The summed E-state index contributed by atoms with van der Waals surface area (Å²) in [6.07, 6.45) is 3.41. The average Bonchev–Trinajstić information content (AvgIpc) is 3.12. The van der Waals surface area contributed by atoms with Crippen molar-refractivity contribution in [3.05, 3.63) is 46.7 Å². The number of nitrogens with zero attached hydrogens (tertiary/aromatic N) is 5. The van der Waals surface area contributed by atoms with Crippen LogP contribution >= 0.6 is 11.3 Å². The Labute approximate surface area is 120 Å². The van der Waals surface area contributed by atoms with Gasteiger partial charge in [0.2, 0.25) is 0 Å². The van der Waals surface area contributed by atoms with Crippen molar-refractivity contribution in [3.63, 3.8) is 0 Å². The van der Waals surface area contributed by atoms with Crippen LogP contribution in [0.25, 0.3) is 5.69 Å². The molecule has 20 heavy (non-hydrogen) atoms. The maximum atomic E-state index is 4.32. The van der Waals surface area contributed by atoms with Gasteiger partial charge in [0.05, 0.1) is 11.7 Å². The zero-order valence-corrected chi connectivity index (χ0v) is 12.0. The van der Waals surface area contributed by atoms with Crippen molar-refractivity contribution < 1.29 is 0 Å². The molecule has 0 bridgehead atoms. The number of benzene rings is 1. The Morgan fingerprint density at radius 2 is 2.25 bits per heavy atom. The van der Waals surface area contributed by atoms with Crippen molar-refractivity contribution in [2.24, 2.45) is 0 Å². The Bertz CT molecular complexity index is 677. The fourth-order valence-electron chi connectivity index (χ4n) is 2.03. The van der Waals surface area contributed by atoms with Gasteiger partial charge in [-0.1, -0.05) is 0 Å². The third-order valence-electron chi connectivity index (χ3n) is 3.00.